The molecule has 0 aromatic heterocycles. The van der Waals surface area contributed by atoms with Gasteiger partial charge in [-0.25, -0.2) is 0 Å². The fourth-order valence-corrected chi connectivity index (χ4v) is 5.62. The van der Waals surface area contributed by atoms with E-state index in [1.807, 2.05) is 11.0 Å². The van der Waals surface area contributed by atoms with Gasteiger partial charge >= 0.3 is 0 Å². The third-order valence-corrected chi connectivity index (χ3v) is 7.46. The second-order valence-corrected chi connectivity index (χ2v) is 9.63. The van der Waals surface area contributed by atoms with E-state index in [0.717, 1.165) is 54.0 Å². The average Bonchev–Trinajstić information content (AvgIpc) is 3.54. The molecule has 7 heteroatoms. The van der Waals surface area contributed by atoms with Gasteiger partial charge in [0.1, 0.15) is 0 Å². The standard InChI is InChI=1S/C25H24N2O4S/c28-24(26-17-6-7-17)23-12-15-9-10-27(20-4-2-1-3-18(20)19(15)13-32-23)25(29)16-5-8-21-22(11-16)31-14-30-21/h3-5,8,11-12,17H,1-2,6-7,9-10,13-14H2,(H,26,28). The van der Waals surface area contributed by atoms with E-state index in [1.165, 1.54) is 11.1 Å². The van der Waals surface area contributed by atoms with Crippen LogP contribution in [0.2, 0.25) is 0 Å². The van der Waals surface area contributed by atoms with Gasteiger partial charge < -0.3 is 19.7 Å². The Bertz CT molecular complexity index is 1140. The third-order valence-electron chi connectivity index (χ3n) is 6.42. The molecule has 32 heavy (non-hydrogen) atoms. The van der Waals surface area contributed by atoms with Gasteiger partial charge in [0.15, 0.2) is 11.5 Å². The van der Waals surface area contributed by atoms with Crippen molar-refractivity contribution in [3.63, 3.8) is 0 Å². The Balaban J connectivity index is 1.30. The highest BCUT2D eigenvalue weighted by Gasteiger charge is 2.33. The lowest BCUT2D eigenvalue weighted by Crippen LogP contribution is -2.32. The van der Waals surface area contributed by atoms with Crippen LogP contribution in [0, 0.1) is 0 Å². The fraction of sp³-hybridized carbons (Fsp3) is 0.360. The van der Waals surface area contributed by atoms with Gasteiger partial charge in [0.2, 0.25) is 6.79 Å². The maximum Gasteiger partial charge on any atom is 0.258 e. The summed E-state index contributed by atoms with van der Waals surface area (Å²) in [6.07, 6.45) is 11.2. The highest BCUT2D eigenvalue weighted by Crippen LogP contribution is 2.42. The van der Waals surface area contributed by atoms with Crippen molar-refractivity contribution in [3.8, 4) is 11.5 Å². The zero-order valence-electron chi connectivity index (χ0n) is 17.7. The Morgan fingerprint density at radius 2 is 1.94 bits per heavy atom. The highest BCUT2D eigenvalue weighted by atomic mass is 32.2. The number of thioether (sulfide) groups is 1. The predicted molar refractivity (Wildman–Crippen MR) is 122 cm³/mol. The molecule has 1 fully saturated rings. The second-order valence-electron chi connectivity index (χ2n) is 8.61. The maximum atomic E-state index is 13.6. The van der Waals surface area contributed by atoms with Crippen molar-refractivity contribution in [3.05, 3.63) is 69.3 Å². The number of fused-ring (bicyclic) bond motifs is 3. The van der Waals surface area contributed by atoms with E-state index in [-0.39, 0.29) is 18.6 Å². The molecule has 164 valence electrons. The summed E-state index contributed by atoms with van der Waals surface area (Å²) in [5.74, 6) is 2.04. The summed E-state index contributed by atoms with van der Waals surface area (Å²) in [6.45, 7) is 0.764. The number of rotatable bonds is 3. The monoisotopic (exact) mass is 448 g/mol. The number of nitrogens with zero attached hydrogens (tertiary/aromatic N) is 1. The molecule has 0 saturated heterocycles. The summed E-state index contributed by atoms with van der Waals surface area (Å²) in [5, 5.41) is 3.10. The van der Waals surface area contributed by atoms with Crippen LogP contribution in [0.1, 0.15) is 42.5 Å². The molecule has 2 aliphatic carbocycles. The van der Waals surface area contributed by atoms with Crippen molar-refractivity contribution < 1.29 is 19.1 Å². The molecule has 1 aromatic rings. The summed E-state index contributed by atoms with van der Waals surface area (Å²) in [4.78, 5) is 28.9. The van der Waals surface area contributed by atoms with Crippen LogP contribution in [0.25, 0.3) is 0 Å². The smallest absolute Gasteiger partial charge is 0.258 e. The maximum absolute atomic E-state index is 13.6. The number of allylic oxidation sites excluding steroid dienone is 4. The minimum atomic E-state index is -0.0365. The summed E-state index contributed by atoms with van der Waals surface area (Å²) in [7, 11) is 0. The largest absolute Gasteiger partial charge is 0.454 e. The molecule has 6 nitrogen and oxygen atoms in total. The van der Waals surface area contributed by atoms with Crippen LogP contribution in [0.5, 0.6) is 11.5 Å². The summed E-state index contributed by atoms with van der Waals surface area (Å²) in [5.41, 5.74) is 5.15. The zero-order chi connectivity index (χ0) is 21.7. The molecule has 0 bridgehead atoms. The summed E-state index contributed by atoms with van der Waals surface area (Å²) >= 11 is 1.60. The molecule has 0 atom stereocenters. The van der Waals surface area contributed by atoms with Crippen molar-refractivity contribution in [2.24, 2.45) is 0 Å². The first-order valence-corrected chi connectivity index (χ1v) is 12.2. The Hall–Kier alpha value is -2.93. The molecule has 1 N–H and O–H groups in total. The molecule has 0 unspecified atom stereocenters. The molecule has 2 amide bonds. The molecule has 6 rings (SSSR count). The number of nitrogens with one attached hydrogen (secondary N) is 1. The molecule has 1 saturated carbocycles. The highest BCUT2D eigenvalue weighted by molar-refractivity contribution is 8.04. The quantitative estimate of drug-likeness (QED) is 0.755. The van der Waals surface area contributed by atoms with E-state index in [2.05, 4.69) is 17.5 Å². The number of carbonyl (C=O) groups is 2. The second kappa shape index (κ2) is 7.89. The number of ether oxygens (including phenoxy) is 2. The van der Waals surface area contributed by atoms with Crippen LogP contribution in [0.3, 0.4) is 0 Å². The van der Waals surface area contributed by atoms with E-state index in [0.29, 0.717) is 29.6 Å². The first kappa shape index (κ1) is 19.7. The summed E-state index contributed by atoms with van der Waals surface area (Å²) in [6, 6.07) is 5.72. The van der Waals surface area contributed by atoms with E-state index < -0.39 is 0 Å². The van der Waals surface area contributed by atoms with E-state index in [9.17, 15) is 9.59 Å². The first-order valence-electron chi connectivity index (χ1n) is 11.2. The van der Waals surface area contributed by atoms with E-state index in [4.69, 9.17) is 9.47 Å². The number of carbonyl (C=O) groups excluding carboxylic acids is 2. The molecule has 3 heterocycles. The van der Waals surface area contributed by atoms with Crippen LogP contribution in [-0.2, 0) is 4.79 Å². The van der Waals surface area contributed by atoms with Gasteiger partial charge in [0, 0.05) is 29.6 Å². The molecular formula is C25H24N2O4S. The number of benzene rings is 1. The number of amides is 2. The average molecular weight is 449 g/mol. The van der Waals surface area contributed by atoms with Crippen LogP contribution in [0.4, 0.5) is 0 Å². The molecule has 0 spiro atoms. The van der Waals surface area contributed by atoms with Crippen LogP contribution >= 0.6 is 11.8 Å². The third kappa shape index (κ3) is 3.54. The molecular weight excluding hydrogens is 424 g/mol. The Morgan fingerprint density at radius 1 is 1.09 bits per heavy atom. The fourth-order valence-electron chi connectivity index (χ4n) is 4.56. The Labute approximate surface area is 191 Å². The molecule has 0 radical (unpaired) electrons. The normalized spacial score (nSPS) is 21.6. The lowest BCUT2D eigenvalue weighted by molar-refractivity contribution is -0.116. The van der Waals surface area contributed by atoms with Crippen LogP contribution in [0.15, 0.2) is 63.7 Å². The number of hydrogen-bond acceptors (Lipinski definition) is 5. The molecule has 5 aliphatic rings. The van der Waals surface area contributed by atoms with Gasteiger partial charge in [-0.2, -0.15) is 0 Å². The molecule has 1 aromatic carbocycles. The van der Waals surface area contributed by atoms with Crippen LogP contribution in [-0.4, -0.2) is 41.8 Å². The van der Waals surface area contributed by atoms with Gasteiger partial charge in [-0.05, 0) is 73.1 Å². The Morgan fingerprint density at radius 3 is 2.81 bits per heavy atom. The van der Waals surface area contributed by atoms with Gasteiger partial charge in [-0.1, -0.05) is 12.2 Å². The van der Waals surface area contributed by atoms with Crippen molar-refractivity contribution in [1.29, 1.82) is 0 Å². The van der Waals surface area contributed by atoms with Gasteiger partial charge in [-0.3, -0.25) is 9.59 Å². The van der Waals surface area contributed by atoms with Gasteiger partial charge in [-0.15, -0.1) is 11.8 Å². The minimum absolute atomic E-state index is 0.0365. The van der Waals surface area contributed by atoms with Crippen molar-refractivity contribution >= 4 is 23.6 Å². The zero-order valence-corrected chi connectivity index (χ0v) is 18.5. The van der Waals surface area contributed by atoms with Gasteiger partial charge in [0.25, 0.3) is 11.8 Å². The van der Waals surface area contributed by atoms with Crippen molar-refractivity contribution in [1.82, 2.24) is 10.2 Å². The van der Waals surface area contributed by atoms with Gasteiger partial charge in [0.05, 0.1) is 4.91 Å². The number of hydrogen-bond donors (Lipinski definition) is 1. The minimum Gasteiger partial charge on any atom is -0.454 e. The molecule has 3 aliphatic heterocycles. The SMILES string of the molecule is O=C(NC1CC1)C1=CC2=C(CS1)C1=CCCC=C1N(C(=O)c1ccc3c(c1)OCO3)CC2. The van der Waals surface area contributed by atoms with Crippen molar-refractivity contribution in [2.45, 2.75) is 38.1 Å². The van der Waals surface area contributed by atoms with E-state index >= 15 is 0 Å². The Kier molecular flexibility index (Phi) is 4.86. The van der Waals surface area contributed by atoms with Crippen molar-refractivity contribution in [2.75, 3.05) is 19.1 Å². The topological polar surface area (TPSA) is 67.9 Å². The van der Waals surface area contributed by atoms with E-state index in [1.54, 1.807) is 30.0 Å². The predicted octanol–water partition coefficient (Wildman–Crippen LogP) is 4.07. The lowest BCUT2D eigenvalue weighted by Gasteiger charge is -2.28. The summed E-state index contributed by atoms with van der Waals surface area (Å²) < 4.78 is 10.9. The lowest BCUT2D eigenvalue weighted by atomic mass is 9.93. The van der Waals surface area contributed by atoms with Crippen LogP contribution < -0.4 is 14.8 Å². The first-order chi connectivity index (χ1) is 15.7.